The number of rotatable bonds is 1. The van der Waals surface area contributed by atoms with Gasteiger partial charge in [-0.1, -0.05) is 0 Å². The van der Waals surface area contributed by atoms with E-state index in [0.717, 1.165) is 12.8 Å². The molecule has 58 valence electrons. The molecule has 0 bridgehead atoms. The summed E-state index contributed by atoms with van der Waals surface area (Å²) in [5.41, 5.74) is 0.936. The molecule has 0 unspecified atom stereocenters. The summed E-state index contributed by atoms with van der Waals surface area (Å²) in [5.74, 6) is 0. The van der Waals surface area contributed by atoms with Gasteiger partial charge in [0.05, 0.1) is 12.9 Å². The summed E-state index contributed by atoms with van der Waals surface area (Å²) in [7, 11) is 0. The Morgan fingerprint density at radius 1 is 1.80 bits per heavy atom. The van der Waals surface area contributed by atoms with E-state index >= 15 is 0 Å². The largest absolute Gasteiger partial charge is 0.493 e. The summed E-state index contributed by atoms with van der Waals surface area (Å²) < 4.78 is 5.31. The van der Waals surface area contributed by atoms with Gasteiger partial charge in [-0.2, -0.15) is 0 Å². The van der Waals surface area contributed by atoms with Crippen LogP contribution in [0.5, 0.6) is 0 Å². The lowest BCUT2D eigenvalue weighted by atomic mass is 9.96. The second-order valence-electron chi connectivity index (χ2n) is 3.19. The summed E-state index contributed by atoms with van der Waals surface area (Å²) in [5, 5.41) is 8.88. The molecule has 0 aromatic rings. The molecule has 0 aromatic heterocycles. The van der Waals surface area contributed by atoms with Crippen molar-refractivity contribution in [3.8, 4) is 0 Å². The molecular weight excluding hydrogens is 128 g/mol. The first-order chi connectivity index (χ1) is 4.66. The number of aliphatic hydroxyl groups is 1. The first-order valence-corrected chi connectivity index (χ1v) is 3.61. The monoisotopic (exact) mass is 142 g/mol. The Labute approximate surface area is 61.5 Å². The molecule has 0 fully saturated rings. The molecule has 1 atom stereocenters. The molecule has 0 amide bonds. The zero-order valence-electron chi connectivity index (χ0n) is 6.55. The van der Waals surface area contributed by atoms with Gasteiger partial charge in [0.25, 0.3) is 0 Å². The van der Waals surface area contributed by atoms with Crippen LogP contribution >= 0.6 is 0 Å². The summed E-state index contributed by atoms with van der Waals surface area (Å²) >= 11 is 0. The molecule has 1 rings (SSSR count). The van der Waals surface area contributed by atoms with Gasteiger partial charge in [0, 0.05) is 0 Å². The Morgan fingerprint density at radius 3 is 2.90 bits per heavy atom. The standard InChI is InChI=1S/C8H14O2/c1-7-3-4-8(2,6-9)10-5-7/h5,9H,3-4,6H2,1-2H3/t8-/m0/s1. The minimum Gasteiger partial charge on any atom is -0.493 e. The normalized spacial score (nSPS) is 32.9. The van der Waals surface area contributed by atoms with Crippen LogP contribution in [0, 0.1) is 0 Å². The van der Waals surface area contributed by atoms with Crippen molar-refractivity contribution in [2.75, 3.05) is 6.61 Å². The van der Waals surface area contributed by atoms with Crippen LogP contribution in [0.4, 0.5) is 0 Å². The van der Waals surface area contributed by atoms with Crippen LogP contribution in [-0.2, 0) is 4.74 Å². The van der Waals surface area contributed by atoms with Gasteiger partial charge in [0.2, 0.25) is 0 Å². The summed E-state index contributed by atoms with van der Waals surface area (Å²) in [6.07, 6.45) is 3.71. The highest BCUT2D eigenvalue weighted by Crippen LogP contribution is 2.25. The Bertz CT molecular complexity index is 151. The Morgan fingerprint density at radius 2 is 2.50 bits per heavy atom. The SMILES string of the molecule is CC1=CO[C@](C)(CO)CC1. The van der Waals surface area contributed by atoms with E-state index in [1.54, 1.807) is 6.26 Å². The molecule has 1 heterocycles. The van der Waals surface area contributed by atoms with E-state index < -0.39 is 0 Å². The first-order valence-electron chi connectivity index (χ1n) is 3.61. The third kappa shape index (κ3) is 1.51. The summed E-state index contributed by atoms with van der Waals surface area (Å²) in [6, 6.07) is 0. The predicted octanol–water partition coefficient (Wildman–Crippen LogP) is 1.45. The van der Waals surface area contributed by atoms with E-state index in [9.17, 15) is 0 Å². The molecule has 10 heavy (non-hydrogen) atoms. The molecule has 0 radical (unpaired) electrons. The average Bonchev–Trinajstić information content (AvgIpc) is 1.96. The summed E-state index contributed by atoms with van der Waals surface area (Å²) in [6.45, 7) is 4.07. The Kier molecular flexibility index (Phi) is 2.00. The van der Waals surface area contributed by atoms with Gasteiger partial charge >= 0.3 is 0 Å². The van der Waals surface area contributed by atoms with Gasteiger partial charge in [0.15, 0.2) is 0 Å². The molecule has 0 saturated heterocycles. The van der Waals surface area contributed by atoms with Crippen LogP contribution in [0.15, 0.2) is 11.8 Å². The van der Waals surface area contributed by atoms with Crippen molar-refractivity contribution in [3.63, 3.8) is 0 Å². The fourth-order valence-electron chi connectivity index (χ4n) is 0.939. The molecule has 1 N–H and O–H groups in total. The maximum absolute atomic E-state index is 8.88. The molecule has 0 saturated carbocycles. The Balaban J connectivity index is 2.56. The number of ether oxygens (including phenoxy) is 1. The van der Waals surface area contributed by atoms with Crippen LogP contribution in [0.1, 0.15) is 26.7 Å². The van der Waals surface area contributed by atoms with E-state index in [-0.39, 0.29) is 12.2 Å². The Hall–Kier alpha value is -0.500. The van der Waals surface area contributed by atoms with Crippen molar-refractivity contribution in [1.29, 1.82) is 0 Å². The fourth-order valence-corrected chi connectivity index (χ4v) is 0.939. The topological polar surface area (TPSA) is 29.5 Å². The van der Waals surface area contributed by atoms with Crippen LogP contribution < -0.4 is 0 Å². The van der Waals surface area contributed by atoms with Crippen LogP contribution in [0.25, 0.3) is 0 Å². The first kappa shape index (κ1) is 7.61. The van der Waals surface area contributed by atoms with Crippen molar-refractivity contribution < 1.29 is 9.84 Å². The molecule has 0 aromatic carbocycles. The van der Waals surface area contributed by atoms with E-state index in [0.29, 0.717) is 0 Å². The third-order valence-corrected chi connectivity index (χ3v) is 1.93. The third-order valence-electron chi connectivity index (χ3n) is 1.93. The minimum atomic E-state index is -0.320. The zero-order valence-corrected chi connectivity index (χ0v) is 6.55. The van der Waals surface area contributed by atoms with E-state index in [1.807, 2.05) is 13.8 Å². The van der Waals surface area contributed by atoms with Gasteiger partial charge in [-0.05, 0) is 32.3 Å². The molecule has 0 spiro atoms. The van der Waals surface area contributed by atoms with Crippen molar-refractivity contribution in [2.24, 2.45) is 0 Å². The second-order valence-corrected chi connectivity index (χ2v) is 3.19. The van der Waals surface area contributed by atoms with E-state index in [4.69, 9.17) is 9.84 Å². The maximum Gasteiger partial charge on any atom is 0.129 e. The van der Waals surface area contributed by atoms with Crippen molar-refractivity contribution in [2.45, 2.75) is 32.3 Å². The number of hydrogen-bond donors (Lipinski definition) is 1. The lowest BCUT2D eigenvalue weighted by molar-refractivity contribution is -0.0278. The highest BCUT2D eigenvalue weighted by Gasteiger charge is 2.26. The van der Waals surface area contributed by atoms with Crippen molar-refractivity contribution in [3.05, 3.63) is 11.8 Å². The predicted molar refractivity (Wildman–Crippen MR) is 39.6 cm³/mol. The quantitative estimate of drug-likeness (QED) is 0.600. The lowest BCUT2D eigenvalue weighted by Crippen LogP contribution is -2.33. The van der Waals surface area contributed by atoms with E-state index in [1.165, 1.54) is 5.57 Å². The number of hydrogen-bond acceptors (Lipinski definition) is 2. The smallest absolute Gasteiger partial charge is 0.129 e. The van der Waals surface area contributed by atoms with Crippen molar-refractivity contribution in [1.82, 2.24) is 0 Å². The summed E-state index contributed by atoms with van der Waals surface area (Å²) in [4.78, 5) is 0. The van der Waals surface area contributed by atoms with Crippen LogP contribution in [-0.4, -0.2) is 17.3 Å². The molecule has 0 aliphatic carbocycles. The van der Waals surface area contributed by atoms with Gasteiger partial charge in [0.1, 0.15) is 5.60 Å². The average molecular weight is 142 g/mol. The van der Waals surface area contributed by atoms with Gasteiger partial charge in [-0.15, -0.1) is 0 Å². The fraction of sp³-hybridized carbons (Fsp3) is 0.750. The van der Waals surface area contributed by atoms with Crippen LogP contribution in [0.2, 0.25) is 0 Å². The minimum absolute atomic E-state index is 0.108. The van der Waals surface area contributed by atoms with Crippen LogP contribution in [0.3, 0.4) is 0 Å². The molecule has 2 nitrogen and oxygen atoms in total. The lowest BCUT2D eigenvalue weighted by Gasteiger charge is -2.30. The highest BCUT2D eigenvalue weighted by molar-refractivity contribution is 5.00. The van der Waals surface area contributed by atoms with Gasteiger partial charge in [-0.3, -0.25) is 0 Å². The number of allylic oxidation sites excluding steroid dienone is 1. The molecule has 1 aliphatic rings. The van der Waals surface area contributed by atoms with Gasteiger partial charge in [-0.25, -0.2) is 0 Å². The highest BCUT2D eigenvalue weighted by atomic mass is 16.5. The number of aliphatic hydroxyl groups excluding tert-OH is 1. The zero-order chi connectivity index (χ0) is 7.61. The molecular formula is C8H14O2. The molecule has 2 heteroatoms. The van der Waals surface area contributed by atoms with E-state index in [2.05, 4.69) is 0 Å². The maximum atomic E-state index is 8.88. The van der Waals surface area contributed by atoms with Gasteiger partial charge < -0.3 is 9.84 Å². The second kappa shape index (κ2) is 2.62. The van der Waals surface area contributed by atoms with Crippen molar-refractivity contribution >= 4 is 0 Å². The molecule has 1 aliphatic heterocycles.